The van der Waals surface area contributed by atoms with E-state index in [0.717, 1.165) is 55.2 Å². The fraction of sp³-hybridized carbons (Fsp3) is 0.450. The number of rotatable bonds is 4. The third-order valence-corrected chi connectivity index (χ3v) is 7.02. The maximum absolute atomic E-state index is 12.8. The molecule has 3 aromatic heterocycles. The van der Waals surface area contributed by atoms with Crippen LogP contribution in [0.4, 0.5) is 24.7 Å². The van der Waals surface area contributed by atoms with Gasteiger partial charge in [-0.25, -0.2) is 9.97 Å². The molecule has 1 aliphatic carbocycles. The van der Waals surface area contributed by atoms with Crippen LogP contribution >= 0.6 is 11.3 Å². The minimum absolute atomic E-state index is 0.130. The van der Waals surface area contributed by atoms with E-state index in [9.17, 15) is 18.0 Å². The third kappa shape index (κ3) is 3.76. The number of hydrogen-bond donors (Lipinski definition) is 2. The summed E-state index contributed by atoms with van der Waals surface area (Å²) >= 11 is 1.08. The lowest BCUT2D eigenvalue weighted by molar-refractivity contribution is -0.126. The Hall–Kier alpha value is -2.62. The number of anilines is 2. The van der Waals surface area contributed by atoms with Gasteiger partial charge in [-0.05, 0) is 36.8 Å². The number of aromatic amines is 1. The molecule has 1 spiro atoms. The fourth-order valence-electron chi connectivity index (χ4n) is 4.74. The number of hydrogen-bond acceptors (Lipinski definition) is 6. The first kappa shape index (κ1) is 19.3. The van der Waals surface area contributed by atoms with E-state index in [1.807, 2.05) is 6.07 Å². The highest BCUT2D eigenvalue weighted by molar-refractivity contribution is 7.18. The van der Waals surface area contributed by atoms with Gasteiger partial charge in [0.2, 0.25) is 5.56 Å². The molecule has 0 amide bonds. The van der Waals surface area contributed by atoms with E-state index in [4.69, 9.17) is 0 Å². The van der Waals surface area contributed by atoms with Gasteiger partial charge < -0.3 is 15.2 Å². The molecular formula is C20H20F3N5OS. The second kappa shape index (κ2) is 6.97. The Kier molecular flexibility index (Phi) is 4.49. The highest BCUT2D eigenvalue weighted by Crippen LogP contribution is 2.50. The van der Waals surface area contributed by atoms with Crippen LogP contribution in [0.5, 0.6) is 0 Å². The average molecular weight is 435 g/mol. The molecule has 1 saturated heterocycles. The molecule has 1 aliphatic heterocycles. The van der Waals surface area contributed by atoms with Crippen molar-refractivity contribution in [1.29, 1.82) is 0 Å². The van der Waals surface area contributed by atoms with Crippen molar-refractivity contribution in [1.82, 2.24) is 15.0 Å². The Morgan fingerprint density at radius 2 is 2.13 bits per heavy atom. The molecular weight excluding hydrogens is 415 g/mol. The number of alkyl halides is 3. The molecule has 2 fully saturated rings. The van der Waals surface area contributed by atoms with Crippen molar-refractivity contribution in [3.05, 3.63) is 46.0 Å². The Morgan fingerprint density at radius 1 is 1.30 bits per heavy atom. The van der Waals surface area contributed by atoms with Crippen LogP contribution in [0.15, 0.2) is 35.5 Å². The number of nitrogens with zero attached hydrogens (tertiary/aromatic N) is 3. The summed E-state index contributed by atoms with van der Waals surface area (Å²) < 4.78 is 38.3. The lowest BCUT2D eigenvalue weighted by atomic mass is 9.65. The van der Waals surface area contributed by atoms with Gasteiger partial charge in [0.05, 0.1) is 11.8 Å². The highest BCUT2D eigenvalue weighted by Gasteiger charge is 2.49. The number of halogens is 3. The Balaban J connectivity index is 1.28. The highest BCUT2D eigenvalue weighted by atomic mass is 32.1. The van der Waals surface area contributed by atoms with E-state index >= 15 is 0 Å². The van der Waals surface area contributed by atoms with Crippen LogP contribution in [0.2, 0.25) is 0 Å². The van der Waals surface area contributed by atoms with Crippen LogP contribution in [0.25, 0.3) is 10.2 Å². The van der Waals surface area contributed by atoms with Crippen molar-refractivity contribution >= 4 is 33.1 Å². The Labute approximate surface area is 174 Å². The standard InChI is InChI=1S/C20H20F3N5OS/c21-20(22,23)9-14-6-15-17(25-11-26-18(15)30-14)28-4-2-19(10-28)7-13(8-19)27-12-1-3-24-16(29)5-12/h1,3,5-6,11,13H,2,4,7-10H2,(H2,24,27,29). The predicted octanol–water partition coefficient (Wildman–Crippen LogP) is 3.96. The Bertz CT molecular complexity index is 1140. The van der Waals surface area contributed by atoms with E-state index in [-0.39, 0.29) is 15.9 Å². The summed E-state index contributed by atoms with van der Waals surface area (Å²) in [5.74, 6) is 0.729. The molecule has 4 heterocycles. The number of H-pyrrole nitrogens is 1. The summed E-state index contributed by atoms with van der Waals surface area (Å²) in [6.45, 7) is 1.66. The second-order valence-corrected chi connectivity index (χ2v) is 9.40. The van der Waals surface area contributed by atoms with Crippen molar-refractivity contribution in [2.75, 3.05) is 23.3 Å². The van der Waals surface area contributed by atoms with Gasteiger partial charge in [0.25, 0.3) is 0 Å². The zero-order chi connectivity index (χ0) is 20.9. The molecule has 3 aromatic rings. The number of fused-ring (bicyclic) bond motifs is 1. The van der Waals surface area contributed by atoms with Crippen molar-refractivity contribution < 1.29 is 13.2 Å². The molecule has 1 saturated carbocycles. The van der Waals surface area contributed by atoms with Crippen LogP contribution in [-0.4, -0.2) is 40.3 Å². The van der Waals surface area contributed by atoms with E-state index in [1.165, 1.54) is 6.33 Å². The molecule has 0 unspecified atom stereocenters. The van der Waals surface area contributed by atoms with Crippen LogP contribution in [0.3, 0.4) is 0 Å². The molecule has 6 nitrogen and oxygen atoms in total. The van der Waals surface area contributed by atoms with Crippen LogP contribution in [0, 0.1) is 5.41 Å². The van der Waals surface area contributed by atoms with Gasteiger partial charge in [0, 0.05) is 42.0 Å². The molecule has 158 valence electrons. The SMILES string of the molecule is O=c1cc(NC2CC3(CCN(c4ncnc5sc(CC(F)(F)F)cc45)C3)C2)cc[nH]1. The van der Waals surface area contributed by atoms with Crippen molar-refractivity contribution in [2.45, 2.75) is 37.9 Å². The van der Waals surface area contributed by atoms with Crippen molar-refractivity contribution in [3.63, 3.8) is 0 Å². The van der Waals surface area contributed by atoms with E-state index in [0.29, 0.717) is 16.3 Å². The van der Waals surface area contributed by atoms with Gasteiger partial charge >= 0.3 is 6.18 Å². The van der Waals surface area contributed by atoms with Crippen molar-refractivity contribution in [2.24, 2.45) is 5.41 Å². The number of thiophene rings is 1. The normalized spacial score (nSPS) is 23.8. The molecule has 2 N–H and O–H groups in total. The van der Waals surface area contributed by atoms with E-state index in [1.54, 1.807) is 18.3 Å². The lowest BCUT2D eigenvalue weighted by Crippen LogP contribution is -2.47. The molecule has 0 bridgehead atoms. The summed E-state index contributed by atoms with van der Waals surface area (Å²) in [7, 11) is 0. The maximum Gasteiger partial charge on any atom is 0.393 e. The quantitative estimate of drug-likeness (QED) is 0.649. The first-order valence-electron chi connectivity index (χ1n) is 9.79. The topological polar surface area (TPSA) is 73.9 Å². The fourth-order valence-corrected chi connectivity index (χ4v) is 5.76. The van der Waals surface area contributed by atoms with Gasteiger partial charge in [-0.3, -0.25) is 4.79 Å². The summed E-state index contributed by atoms with van der Waals surface area (Å²) in [6, 6.07) is 5.31. The molecule has 0 atom stereocenters. The minimum atomic E-state index is -4.23. The van der Waals surface area contributed by atoms with Crippen LogP contribution < -0.4 is 15.8 Å². The maximum atomic E-state index is 12.8. The summed E-state index contributed by atoms with van der Waals surface area (Å²) in [5, 5.41) is 4.12. The first-order valence-corrected chi connectivity index (χ1v) is 10.6. The van der Waals surface area contributed by atoms with Gasteiger partial charge in [0.15, 0.2) is 0 Å². The third-order valence-electron chi connectivity index (χ3n) is 5.98. The molecule has 30 heavy (non-hydrogen) atoms. The number of pyridine rings is 1. The largest absolute Gasteiger partial charge is 0.393 e. The molecule has 0 radical (unpaired) electrons. The lowest BCUT2D eigenvalue weighted by Gasteiger charge is -2.45. The van der Waals surface area contributed by atoms with Crippen LogP contribution in [0.1, 0.15) is 24.1 Å². The molecule has 0 aromatic carbocycles. The average Bonchev–Trinajstić information content (AvgIpc) is 3.23. The molecule has 2 aliphatic rings. The second-order valence-electron chi connectivity index (χ2n) is 8.28. The Morgan fingerprint density at radius 3 is 2.90 bits per heavy atom. The first-order chi connectivity index (χ1) is 14.3. The summed E-state index contributed by atoms with van der Waals surface area (Å²) in [6.07, 6.45) is 0.905. The molecule has 5 rings (SSSR count). The number of aromatic nitrogens is 3. The van der Waals surface area contributed by atoms with Gasteiger partial charge in [0.1, 0.15) is 17.0 Å². The van der Waals surface area contributed by atoms with E-state index in [2.05, 4.69) is 25.2 Å². The zero-order valence-electron chi connectivity index (χ0n) is 16.0. The predicted molar refractivity (Wildman–Crippen MR) is 110 cm³/mol. The van der Waals surface area contributed by atoms with Crippen LogP contribution in [-0.2, 0) is 6.42 Å². The minimum Gasteiger partial charge on any atom is -0.382 e. The zero-order valence-corrected chi connectivity index (χ0v) is 16.8. The number of nitrogens with one attached hydrogen (secondary N) is 2. The summed E-state index contributed by atoms with van der Waals surface area (Å²) in [4.78, 5) is 25.7. The molecule has 10 heteroatoms. The monoisotopic (exact) mass is 435 g/mol. The van der Waals surface area contributed by atoms with Gasteiger partial charge in [-0.1, -0.05) is 0 Å². The smallest absolute Gasteiger partial charge is 0.382 e. The van der Waals surface area contributed by atoms with Gasteiger partial charge in [-0.15, -0.1) is 11.3 Å². The van der Waals surface area contributed by atoms with Gasteiger partial charge in [-0.2, -0.15) is 13.2 Å². The summed E-state index contributed by atoms with van der Waals surface area (Å²) in [5.41, 5.74) is 0.872. The van der Waals surface area contributed by atoms with E-state index < -0.39 is 12.6 Å². The van der Waals surface area contributed by atoms with Crippen molar-refractivity contribution in [3.8, 4) is 0 Å².